The molecule has 0 N–H and O–H groups in total. The zero-order valence-corrected chi connectivity index (χ0v) is 28.2. The molecule has 3 nitrogen and oxygen atoms in total. The largest absolute Gasteiger partial charge is 0.309 e. The number of nitrogens with zero attached hydrogens (tertiary/aromatic N) is 3. The molecule has 242 valence electrons. The van der Waals surface area contributed by atoms with Gasteiger partial charge in [0.25, 0.3) is 0 Å². The smallest absolute Gasteiger partial charge is 0.0992 e. The molecule has 0 aliphatic carbocycles. The van der Waals surface area contributed by atoms with E-state index in [0.29, 0.717) is 5.56 Å². The Morgan fingerprint density at radius 3 is 1.37 bits per heavy atom. The molecular formula is C49H31N3. The average molecular weight is 662 g/mol. The van der Waals surface area contributed by atoms with Crippen molar-refractivity contribution in [2.24, 2.45) is 0 Å². The summed E-state index contributed by atoms with van der Waals surface area (Å²) in [5.41, 5.74) is 14.5. The molecule has 10 aromatic rings. The maximum atomic E-state index is 9.60. The van der Waals surface area contributed by atoms with Crippen molar-refractivity contribution >= 4 is 43.6 Å². The Bertz CT molecular complexity index is 3030. The molecule has 0 saturated carbocycles. The van der Waals surface area contributed by atoms with Gasteiger partial charge in [0.15, 0.2) is 0 Å². The highest BCUT2D eigenvalue weighted by Crippen LogP contribution is 2.39. The van der Waals surface area contributed by atoms with Gasteiger partial charge in [-0.05, 0) is 106 Å². The molecule has 3 heteroatoms. The fraction of sp³-hybridized carbons (Fsp3) is 0. The Morgan fingerprint density at radius 1 is 0.308 bits per heavy atom. The number of rotatable bonds is 5. The normalized spacial score (nSPS) is 11.4. The lowest BCUT2D eigenvalue weighted by Crippen LogP contribution is -1.94. The van der Waals surface area contributed by atoms with E-state index in [0.717, 1.165) is 22.4 Å². The highest BCUT2D eigenvalue weighted by Gasteiger charge is 2.16. The van der Waals surface area contributed by atoms with Gasteiger partial charge >= 0.3 is 0 Å². The second-order valence-electron chi connectivity index (χ2n) is 13.3. The maximum absolute atomic E-state index is 9.60. The fourth-order valence-electron chi connectivity index (χ4n) is 7.91. The fourth-order valence-corrected chi connectivity index (χ4v) is 7.91. The van der Waals surface area contributed by atoms with Gasteiger partial charge in [0.2, 0.25) is 0 Å². The van der Waals surface area contributed by atoms with Crippen LogP contribution in [-0.2, 0) is 0 Å². The van der Waals surface area contributed by atoms with Gasteiger partial charge in [-0.1, -0.05) is 115 Å². The van der Waals surface area contributed by atoms with Crippen molar-refractivity contribution in [1.29, 1.82) is 5.26 Å². The highest BCUT2D eigenvalue weighted by atomic mass is 15.0. The van der Waals surface area contributed by atoms with E-state index in [1.54, 1.807) is 0 Å². The molecule has 0 unspecified atom stereocenters. The molecule has 0 bridgehead atoms. The van der Waals surface area contributed by atoms with Crippen molar-refractivity contribution in [3.63, 3.8) is 0 Å². The molecule has 0 saturated heterocycles. The van der Waals surface area contributed by atoms with Crippen molar-refractivity contribution < 1.29 is 0 Å². The molecule has 0 aliphatic rings. The van der Waals surface area contributed by atoms with E-state index < -0.39 is 0 Å². The van der Waals surface area contributed by atoms with Crippen molar-refractivity contribution in [3.05, 3.63) is 194 Å². The molecular weight excluding hydrogens is 631 g/mol. The third kappa shape index (κ3) is 4.81. The first-order valence-electron chi connectivity index (χ1n) is 17.6. The van der Waals surface area contributed by atoms with E-state index in [-0.39, 0.29) is 0 Å². The number of para-hydroxylation sites is 2. The third-order valence-electron chi connectivity index (χ3n) is 10.3. The van der Waals surface area contributed by atoms with Crippen molar-refractivity contribution in [2.75, 3.05) is 0 Å². The molecule has 52 heavy (non-hydrogen) atoms. The summed E-state index contributed by atoms with van der Waals surface area (Å²) in [4.78, 5) is 0. The summed E-state index contributed by atoms with van der Waals surface area (Å²) in [6, 6.07) is 69.2. The van der Waals surface area contributed by atoms with Gasteiger partial charge in [0.1, 0.15) is 0 Å². The van der Waals surface area contributed by atoms with Gasteiger partial charge in [-0.2, -0.15) is 5.26 Å². The lowest BCUT2D eigenvalue weighted by atomic mass is 9.99. The van der Waals surface area contributed by atoms with E-state index in [2.05, 4.69) is 185 Å². The standard InChI is InChI=1S/C49H31N3/c50-32-33-11-8-17-40(27-33)51-46-21-6-4-19-42(46)44-30-38(23-25-48(44)51)39-24-26-49-45(31-39)43-20-5-7-22-47(43)52(49)41-18-10-16-37(29-41)36-15-9-14-35(28-36)34-12-2-1-3-13-34/h1-31H. The predicted octanol–water partition coefficient (Wildman–Crippen LogP) is 12.8. The van der Waals surface area contributed by atoms with Crippen LogP contribution in [0.15, 0.2) is 188 Å². The Labute approximate surface area is 301 Å². The number of nitriles is 1. The van der Waals surface area contributed by atoms with Crippen molar-refractivity contribution in [3.8, 4) is 50.8 Å². The number of benzene rings is 8. The number of fused-ring (bicyclic) bond motifs is 6. The van der Waals surface area contributed by atoms with E-state index in [4.69, 9.17) is 0 Å². The van der Waals surface area contributed by atoms with E-state index >= 15 is 0 Å². The summed E-state index contributed by atoms with van der Waals surface area (Å²) < 4.78 is 4.66. The van der Waals surface area contributed by atoms with E-state index in [9.17, 15) is 5.26 Å². The minimum atomic E-state index is 0.650. The van der Waals surface area contributed by atoms with Crippen LogP contribution in [0, 0.1) is 11.3 Å². The van der Waals surface area contributed by atoms with Crippen LogP contribution in [0.5, 0.6) is 0 Å². The molecule has 0 aliphatic heterocycles. The van der Waals surface area contributed by atoms with Crippen LogP contribution in [0.4, 0.5) is 0 Å². The summed E-state index contributed by atoms with van der Waals surface area (Å²) >= 11 is 0. The summed E-state index contributed by atoms with van der Waals surface area (Å²) in [6.07, 6.45) is 0. The summed E-state index contributed by atoms with van der Waals surface area (Å²) in [5.74, 6) is 0. The zero-order chi connectivity index (χ0) is 34.6. The highest BCUT2D eigenvalue weighted by molar-refractivity contribution is 6.12. The molecule has 8 aromatic carbocycles. The average Bonchev–Trinajstić information content (AvgIpc) is 3.73. The second kappa shape index (κ2) is 12.0. The number of hydrogen-bond acceptors (Lipinski definition) is 1. The first-order chi connectivity index (χ1) is 25.7. The van der Waals surface area contributed by atoms with Gasteiger partial charge in [-0.3, -0.25) is 0 Å². The van der Waals surface area contributed by atoms with Crippen molar-refractivity contribution in [1.82, 2.24) is 9.13 Å². The van der Waals surface area contributed by atoms with Crippen LogP contribution in [-0.4, -0.2) is 9.13 Å². The first-order valence-corrected chi connectivity index (χ1v) is 17.6. The van der Waals surface area contributed by atoms with Gasteiger partial charge < -0.3 is 9.13 Å². The Kier molecular flexibility index (Phi) is 6.87. The topological polar surface area (TPSA) is 33.6 Å². The quantitative estimate of drug-likeness (QED) is 0.181. The van der Waals surface area contributed by atoms with E-state index in [1.807, 2.05) is 18.2 Å². The third-order valence-corrected chi connectivity index (χ3v) is 10.3. The SMILES string of the molecule is N#Cc1cccc(-n2c3ccccc3c3cc(-c4ccc5c(c4)c4ccccc4n5-c4cccc(-c5cccc(-c6ccccc6)c5)c4)ccc32)c1. The van der Waals surface area contributed by atoms with Crippen LogP contribution < -0.4 is 0 Å². The van der Waals surface area contributed by atoms with Crippen LogP contribution in [0.1, 0.15) is 5.56 Å². The van der Waals surface area contributed by atoms with Gasteiger partial charge in [-0.25, -0.2) is 0 Å². The lowest BCUT2D eigenvalue weighted by molar-refractivity contribution is 1.18. The van der Waals surface area contributed by atoms with Gasteiger partial charge in [0, 0.05) is 32.9 Å². The Balaban J connectivity index is 1.10. The summed E-state index contributed by atoms with van der Waals surface area (Å²) in [7, 11) is 0. The lowest BCUT2D eigenvalue weighted by Gasteiger charge is -2.12. The molecule has 2 heterocycles. The molecule has 0 fully saturated rings. The zero-order valence-electron chi connectivity index (χ0n) is 28.2. The minimum absolute atomic E-state index is 0.650. The van der Waals surface area contributed by atoms with Crippen LogP contribution in [0.25, 0.3) is 88.4 Å². The number of hydrogen-bond donors (Lipinski definition) is 0. The first kappa shape index (κ1) is 29.7. The van der Waals surface area contributed by atoms with Crippen molar-refractivity contribution in [2.45, 2.75) is 0 Å². The van der Waals surface area contributed by atoms with Gasteiger partial charge in [0.05, 0.1) is 33.7 Å². The number of aromatic nitrogens is 2. The minimum Gasteiger partial charge on any atom is -0.309 e. The molecule has 2 aromatic heterocycles. The van der Waals surface area contributed by atoms with Crippen LogP contribution in [0.2, 0.25) is 0 Å². The van der Waals surface area contributed by atoms with Gasteiger partial charge in [-0.15, -0.1) is 0 Å². The second-order valence-corrected chi connectivity index (χ2v) is 13.3. The summed E-state index contributed by atoms with van der Waals surface area (Å²) in [5, 5.41) is 14.4. The predicted molar refractivity (Wildman–Crippen MR) is 216 cm³/mol. The molecule has 0 atom stereocenters. The summed E-state index contributed by atoms with van der Waals surface area (Å²) in [6.45, 7) is 0. The van der Waals surface area contributed by atoms with Crippen LogP contribution >= 0.6 is 0 Å². The molecule has 0 amide bonds. The molecule has 10 rings (SSSR count). The maximum Gasteiger partial charge on any atom is 0.0992 e. The monoisotopic (exact) mass is 661 g/mol. The van der Waals surface area contributed by atoms with E-state index in [1.165, 1.54) is 66.0 Å². The Hall–Kier alpha value is -7.15. The Morgan fingerprint density at radius 2 is 0.750 bits per heavy atom. The molecule has 0 radical (unpaired) electrons. The molecule has 0 spiro atoms. The van der Waals surface area contributed by atoms with Crippen LogP contribution in [0.3, 0.4) is 0 Å².